The average molecular weight is 348 g/mol. The SMILES string of the molecule is CCC(C)Nc1nc(C)cc(Nc2ccc(Oc3ccccc3)cc2)n1. The molecule has 2 N–H and O–H groups in total. The van der Waals surface area contributed by atoms with Crippen molar-refractivity contribution in [3.05, 3.63) is 66.4 Å². The zero-order valence-corrected chi connectivity index (χ0v) is 15.4. The van der Waals surface area contributed by atoms with Gasteiger partial charge in [-0.05, 0) is 56.7 Å². The maximum atomic E-state index is 5.81. The van der Waals surface area contributed by atoms with Gasteiger partial charge in [0.1, 0.15) is 17.3 Å². The first kappa shape index (κ1) is 17.7. The van der Waals surface area contributed by atoms with E-state index in [2.05, 4.69) is 34.4 Å². The molecule has 0 aliphatic heterocycles. The Morgan fingerprint density at radius 1 is 0.962 bits per heavy atom. The highest BCUT2D eigenvalue weighted by Gasteiger charge is 2.06. The summed E-state index contributed by atoms with van der Waals surface area (Å²) in [6.07, 6.45) is 1.02. The molecule has 0 radical (unpaired) electrons. The first-order valence-electron chi connectivity index (χ1n) is 8.84. The minimum Gasteiger partial charge on any atom is -0.457 e. The molecule has 3 rings (SSSR count). The smallest absolute Gasteiger partial charge is 0.225 e. The fourth-order valence-electron chi connectivity index (χ4n) is 2.40. The molecule has 5 nitrogen and oxygen atoms in total. The summed E-state index contributed by atoms with van der Waals surface area (Å²) in [6, 6.07) is 19.8. The van der Waals surface area contributed by atoms with Crippen molar-refractivity contribution in [2.75, 3.05) is 10.6 Å². The van der Waals surface area contributed by atoms with Gasteiger partial charge in [0.15, 0.2) is 0 Å². The molecule has 134 valence electrons. The zero-order chi connectivity index (χ0) is 18.4. The van der Waals surface area contributed by atoms with Crippen LogP contribution in [0.2, 0.25) is 0 Å². The first-order chi connectivity index (χ1) is 12.6. The second-order valence-corrected chi connectivity index (χ2v) is 6.24. The molecule has 0 aliphatic rings. The van der Waals surface area contributed by atoms with Crippen molar-refractivity contribution in [3.8, 4) is 11.5 Å². The van der Waals surface area contributed by atoms with E-state index in [1.807, 2.05) is 67.6 Å². The Bertz CT molecular complexity index is 834. The number of para-hydroxylation sites is 1. The Hall–Kier alpha value is -3.08. The molecule has 1 atom stereocenters. The predicted molar refractivity (Wildman–Crippen MR) is 106 cm³/mol. The van der Waals surface area contributed by atoms with Gasteiger partial charge in [-0.25, -0.2) is 4.98 Å². The minimum atomic E-state index is 0.332. The van der Waals surface area contributed by atoms with E-state index in [1.165, 1.54) is 0 Å². The zero-order valence-electron chi connectivity index (χ0n) is 15.4. The fourth-order valence-corrected chi connectivity index (χ4v) is 2.40. The van der Waals surface area contributed by atoms with Crippen LogP contribution in [0.4, 0.5) is 17.5 Å². The number of hydrogen-bond acceptors (Lipinski definition) is 5. The van der Waals surface area contributed by atoms with Gasteiger partial charge in [0.2, 0.25) is 5.95 Å². The Kier molecular flexibility index (Phi) is 5.69. The van der Waals surface area contributed by atoms with Crippen molar-refractivity contribution >= 4 is 17.5 Å². The summed E-state index contributed by atoms with van der Waals surface area (Å²) in [6.45, 7) is 6.21. The van der Waals surface area contributed by atoms with E-state index in [4.69, 9.17) is 4.74 Å². The summed E-state index contributed by atoms with van der Waals surface area (Å²) >= 11 is 0. The normalized spacial score (nSPS) is 11.7. The largest absolute Gasteiger partial charge is 0.457 e. The summed E-state index contributed by atoms with van der Waals surface area (Å²) in [7, 11) is 0. The highest BCUT2D eigenvalue weighted by atomic mass is 16.5. The molecule has 5 heteroatoms. The maximum absolute atomic E-state index is 5.81. The molecule has 0 fully saturated rings. The Balaban J connectivity index is 1.69. The van der Waals surface area contributed by atoms with Crippen molar-refractivity contribution in [2.24, 2.45) is 0 Å². The number of aromatic nitrogens is 2. The molecule has 1 heterocycles. The van der Waals surface area contributed by atoms with Crippen LogP contribution in [-0.2, 0) is 0 Å². The lowest BCUT2D eigenvalue weighted by molar-refractivity contribution is 0.483. The number of benzene rings is 2. The molecule has 3 aromatic rings. The number of nitrogens with one attached hydrogen (secondary N) is 2. The Morgan fingerprint density at radius 3 is 2.35 bits per heavy atom. The third-order valence-electron chi connectivity index (χ3n) is 3.95. The molecule has 0 spiro atoms. The lowest BCUT2D eigenvalue weighted by Crippen LogP contribution is -2.16. The Labute approximate surface area is 154 Å². The topological polar surface area (TPSA) is 59.1 Å². The van der Waals surface area contributed by atoms with Crippen molar-refractivity contribution < 1.29 is 4.74 Å². The van der Waals surface area contributed by atoms with Crippen LogP contribution >= 0.6 is 0 Å². The minimum absolute atomic E-state index is 0.332. The first-order valence-corrected chi connectivity index (χ1v) is 8.84. The van der Waals surface area contributed by atoms with Gasteiger partial charge in [0, 0.05) is 23.5 Å². The van der Waals surface area contributed by atoms with Crippen LogP contribution < -0.4 is 15.4 Å². The van der Waals surface area contributed by atoms with Crippen LogP contribution in [0.1, 0.15) is 26.0 Å². The van der Waals surface area contributed by atoms with Crippen molar-refractivity contribution in [1.82, 2.24) is 9.97 Å². The second-order valence-electron chi connectivity index (χ2n) is 6.24. The molecule has 1 aromatic heterocycles. The van der Waals surface area contributed by atoms with Gasteiger partial charge in [-0.3, -0.25) is 0 Å². The van der Waals surface area contributed by atoms with E-state index in [-0.39, 0.29) is 0 Å². The van der Waals surface area contributed by atoms with Gasteiger partial charge in [0.05, 0.1) is 0 Å². The van der Waals surface area contributed by atoms with Crippen molar-refractivity contribution in [2.45, 2.75) is 33.2 Å². The molecule has 0 amide bonds. The highest BCUT2D eigenvalue weighted by Crippen LogP contribution is 2.24. The Morgan fingerprint density at radius 2 is 1.65 bits per heavy atom. The molecular weight excluding hydrogens is 324 g/mol. The summed E-state index contributed by atoms with van der Waals surface area (Å²) < 4.78 is 5.81. The van der Waals surface area contributed by atoms with Crippen LogP contribution in [0.3, 0.4) is 0 Å². The number of aryl methyl sites for hydroxylation is 1. The lowest BCUT2D eigenvalue weighted by Gasteiger charge is -2.14. The molecule has 0 saturated carbocycles. The average Bonchev–Trinajstić information content (AvgIpc) is 2.63. The van der Waals surface area contributed by atoms with E-state index in [1.54, 1.807) is 0 Å². The summed E-state index contributed by atoms with van der Waals surface area (Å²) in [4.78, 5) is 8.98. The molecule has 0 bridgehead atoms. The van der Waals surface area contributed by atoms with E-state index in [0.717, 1.165) is 35.1 Å². The third kappa shape index (κ3) is 4.96. The van der Waals surface area contributed by atoms with Gasteiger partial charge in [-0.15, -0.1) is 0 Å². The van der Waals surface area contributed by atoms with Gasteiger partial charge in [-0.1, -0.05) is 25.1 Å². The highest BCUT2D eigenvalue weighted by molar-refractivity contribution is 5.58. The molecule has 1 unspecified atom stereocenters. The fraction of sp³-hybridized carbons (Fsp3) is 0.238. The van der Waals surface area contributed by atoms with Gasteiger partial charge < -0.3 is 15.4 Å². The predicted octanol–water partition coefficient (Wildman–Crippen LogP) is 5.53. The third-order valence-corrected chi connectivity index (χ3v) is 3.95. The number of nitrogens with zero attached hydrogens (tertiary/aromatic N) is 2. The number of anilines is 3. The van der Waals surface area contributed by atoms with Crippen LogP contribution in [0, 0.1) is 6.92 Å². The quantitative estimate of drug-likeness (QED) is 0.588. The molecule has 0 saturated heterocycles. The molecule has 2 aromatic carbocycles. The van der Waals surface area contributed by atoms with Crippen LogP contribution in [0.15, 0.2) is 60.7 Å². The van der Waals surface area contributed by atoms with Gasteiger partial charge in [-0.2, -0.15) is 4.98 Å². The van der Waals surface area contributed by atoms with Crippen molar-refractivity contribution in [1.29, 1.82) is 0 Å². The van der Waals surface area contributed by atoms with E-state index in [9.17, 15) is 0 Å². The van der Waals surface area contributed by atoms with E-state index >= 15 is 0 Å². The number of hydrogen-bond donors (Lipinski definition) is 2. The second kappa shape index (κ2) is 8.34. The maximum Gasteiger partial charge on any atom is 0.225 e. The van der Waals surface area contributed by atoms with E-state index in [0.29, 0.717) is 12.0 Å². The van der Waals surface area contributed by atoms with Crippen LogP contribution in [0.25, 0.3) is 0 Å². The van der Waals surface area contributed by atoms with Crippen LogP contribution in [-0.4, -0.2) is 16.0 Å². The van der Waals surface area contributed by atoms with Crippen molar-refractivity contribution in [3.63, 3.8) is 0 Å². The molecular formula is C21H24N4O. The standard InChI is InChI=1S/C21H24N4O/c1-4-15(2)22-21-23-16(3)14-20(25-21)24-17-10-12-19(13-11-17)26-18-8-6-5-7-9-18/h5-15H,4H2,1-3H3,(H2,22,23,24,25). The summed E-state index contributed by atoms with van der Waals surface area (Å²) in [5, 5.41) is 6.63. The van der Waals surface area contributed by atoms with E-state index < -0.39 is 0 Å². The van der Waals surface area contributed by atoms with Crippen LogP contribution in [0.5, 0.6) is 11.5 Å². The molecule has 26 heavy (non-hydrogen) atoms. The number of rotatable bonds is 7. The lowest BCUT2D eigenvalue weighted by atomic mass is 10.3. The van der Waals surface area contributed by atoms with Gasteiger partial charge in [0.25, 0.3) is 0 Å². The summed E-state index contributed by atoms with van der Waals surface area (Å²) in [5.41, 5.74) is 1.86. The van der Waals surface area contributed by atoms with Gasteiger partial charge >= 0.3 is 0 Å². The number of ether oxygens (including phenoxy) is 1. The monoisotopic (exact) mass is 348 g/mol. The summed E-state index contributed by atoms with van der Waals surface area (Å²) in [5.74, 6) is 3.02. The molecule has 0 aliphatic carbocycles.